The number of Topliss-reactive ketones (excluding diaryl/α,β-unsaturated/α-hetero) is 1. The molecule has 0 aliphatic carbocycles. The zero-order valence-electron chi connectivity index (χ0n) is 41.2. The molecule has 20 nitrogen and oxygen atoms in total. The number of carbonyl (C=O) groups excluding carboxylic acids is 6. The van der Waals surface area contributed by atoms with Crippen molar-refractivity contribution in [3.8, 4) is 11.4 Å². The van der Waals surface area contributed by atoms with Gasteiger partial charge < -0.3 is 44.4 Å². The third-order valence-electron chi connectivity index (χ3n) is 9.73. The van der Waals surface area contributed by atoms with Gasteiger partial charge in [0.1, 0.15) is 32.1 Å². The van der Waals surface area contributed by atoms with E-state index in [4.69, 9.17) is 14.2 Å². The van der Waals surface area contributed by atoms with Crippen LogP contribution in [0.1, 0.15) is 78.9 Å². The first-order chi connectivity index (χ1) is 31.8. The van der Waals surface area contributed by atoms with E-state index >= 15 is 0 Å². The lowest BCUT2D eigenvalue weighted by molar-refractivity contribution is -0.159. The van der Waals surface area contributed by atoms with E-state index in [1.807, 2.05) is 63.8 Å². The molecule has 0 atom stereocenters. The number of hydrogen-bond donors (Lipinski definition) is 2. The highest BCUT2D eigenvalue weighted by Crippen LogP contribution is 2.22. The van der Waals surface area contributed by atoms with Gasteiger partial charge in [0.2, 0.25) is 35.6 Å². The van der Waals surface area contributed by atoms with Crippen molar-refractivity contribution in [2.45, 2.75) is 81.1 Å². The van der Waals surface area contributed by atoms with Crippen LogP contribution in [0.5, 0.6) is 0 Å². The molecular weight excluding hydrogens is 863 g/mol. The highest BCUT2D eigenvalue weighted by atomic mass is 16.6. The minimum atomic E-state index is -0.594. The van der Waals surface area contributed by atoms with Crippen LogP contribution in [0.15, 0.2) is 62.0 Å². The Morgan fingerprint density at radius 1 is 0.761 bits per heavy atom. The van der Waals surface area contributed by atoms with Gasteiger partial charge in [-0.05, 0) is 109 Å². The number of carbonyl (C=O) groups is 6. The van der Waals surface area contributed by atoms with E-state index in [0.29, 0.717) is 37.2 Å². The molecule has 3 amide bonds. The van der Waals surface area contributed by atoms with Crippen LogP contribution in [0.4, 0.5) is 17.8 Å². The number of rotatable bonds is 25. The maximum Gasteiger partial charge on any atom is 0.313 e. The van der Waals surface area contributed by atoms with E-state index in [1.165, 1.54) is 19.1 Å². The highest BCUT2D eigenvalue weighted by Gasteiger charge is 2.27. The van der Waals surface area contributed by atoms with Gasteiger partial charge in [0.05, 0.1) is 30.1 Å². The third kappa shape index (κ3) is 22.3. The number of pyridine rings is 2. The average Bonchev–Trinajstić information content (AvgIpc) is 3.31. The Morgan fingerprint density at radius 3 is 1.85 bits per heavy atom. The molecule has 67 heavy (non-hydrogen) atoms. The quantitative estimate of drug-likeness (QED) is 0.0393. The minimum Gasteiger partial charge on any atom is -0.462 e. The summed E-state index contributed by atoms with van der Waals surface area (Å²) in [4.78, 5) is 97.1. The molecule has 0 aliphatic rings. The average molecular weight is 934 g/mol. The van der Waals surface area contributed by atoms with E-state index in [1.54, 1.807) is 62.1 Å². The van der Waals surface area contributed by atoms with Crippen molar-refractivity contribution in [1.82, 2.24) is 40.5 Å². The fraction of sp³-hybridized carbons (Fsp3) is 0.511. The lowest BCUT2D eigenvalue weighted by Crippen LogP contribution is -2.39. The number of hydrogen-bond acceptors (Lipinski definition) is 17. The minimum absolute atomic E-state index is 0.0162. The molecule has 0 bridgehead atoms. The number of methoxy groups -OCH3 is 1. The molecule has 0 fully saturated rings. The Morgan fingerprint density at radius 2 is 1.31 bits per heavy atom. The Labute approximate surface area is 395 Å². The third-order valence-corrected chi connectivity index (χ3v) is 9.73. The summed E-state index contributed by atoms with van der Waals surface area (Å²) in [5.41, 5.74) is 3.49. The molecule has 368 valence electrons. The summed E-state index contributed by atoms with van der Waals surface area (Å²) in [6, 6.07) is 7.98. The van der Waals surface area contributed by atoms with Gasteiger partial charge in [-0.25, -0.2) is 0 Å². The molecule has 3 rings (SSSR count). The number of ketones is 1. The molecule has 0 unspecified atom stereocenters. The van der Waals surface area contributed by atoms with E-state index < -0.39 is 11.4 Å². The fourth-order valence-electron chi connectivity index (χ4n) is 5.30. The normalized spacial score (nSPS) is 10.4. The van der Waals surface area contributed by atoms with Crippen LogP contribution >= 0.6 is 0 Å². The van der Waals surface area contributed by atoms with Crippen LogP contribution in [-0.4, -0.2) is 139 Å². The summed E-state index contributed by atoms with van der Waals surface area (Å²) in [6.07, 6.45) is 7.67. The number of esters is 2. The van der Waals surface area contributed by atoms with E-state index in [-0.39, 0.29) is 69.2 Å². The van der Waals surface area contributed by atoms with Gasteiger partial charge in [-0.2, -0.15) is 15.0 Å². The van der Waals surface area contributed by atoms with Crippen molar-refractivity contribution in [2.24, 2.45) is 5.41 Å². The summed E-state index contributed by atoms with van der Waals surface area (Å²) in [7, 11) is 5.08. The zero-order valence-corrected chi connectivity index (χ0v) is 41.2. The van der Waals surface area contributed by atoms with Crippen molar-refractivity contribution in [3.63, 3.8) is 0 Å². The van der Waals surface area contributed by atoms with Crippen LogP contribution in [0, 0.1) is 12.3 Å². The topological polar surface area (TPSA) is 232 Å². The predicted molar refractivity (Wildman–Crippen MR) is 258 cm³/mol. The van der Waals surface area contributed by atoms with Crippen molar-refractivity contribution < 1.29 is 43.0 Å². The molecule has 3 heterocycles. The molecule has 0 aromatic carbocycles. The molecular formula is C47H71N11O9. The monoisotopic (exact) mass is 934 g/mol. The van der Waals surface area contributed by atoms with Gasteiger partial charge in [-0.15, -0.1) is 0 Å². The Balaban J connectivity index is 0.000000519. The first kappa shape index (κ1) is 58.2. The zero-order chi connectivity index (χ0) is 50.5. The molecule has 3 aromatic heterocycles. The summed E-state index contributed by atoms with van der Waals surface area (Å²) < 4.78 is 14.8. The second-order valence-corrected chi connectivity index (χ2v) is 15.5. The molecule has 0 saturated heterocycles. The summed E-state index contributed by atoms with van der Waals surface area (Å²) in [5, 5.41) is 5.36. The Kier molecular flexibility index (Phi) is 27.1. The molecule has 0 radical (unpaired) electrons. The number of amides is 3. The molecule has 3 aromatic rings. The molecule has 2 N–H and O–H groups in total. The number of anilines is 3. The van der Waals surface area contributed by atoms with Crippen LogP contribution < -0.4 is 25.3 Å². The van der Waals surface area contributed by atoms with E-state index in [0.717, 1.165) is 42.0 Å². The van der Waals surface area contributed by atoms with E-state index in [9.17, 15) is 28.8 Å². The molecule has 0 aliphatic heterocycles. The van der Waals surface area contributed by atoms with Gasteiger partial charge in [0, 0.05) is 59.7 Å². The van der Waals surface area contributed by atoms with Gasteiger partial charge in [-0.3, -0.25) is 38.7 Å². The van der Waals surface area contributed by atoms with E-state index in [2.05, 4.69) is 48.7 Å². The lowest BCUT2D eigenvalue weighted by atomic mass is 9.91. The van der Waals surface area contributed by atoms with Crippen LogP contribution in [0.3, 0.4) is 0 Å². The maximum atomic E-state index is 12.1. The maximum absolute atomic E-state index is 12.1. The van der Waals surface area contributed by atoms with Crippen molar-refractivity contribution in [3.05, 3.63) is 73.1 Å². The molecule has 0 spiro atoms. The number of aryl methyl sites for hydroxylation is 2. The number of ether oxygens (including phenoxy) is 3. The second kappa shape index (κ2) is 31.2. The van der Waals surface area contributed by atoms with Gasteiger partial charge in [0.15, 0.2) is 0 Å². The fourth-order valence-corrected chi connectivity index (χ4v) is 5.30. The van der Waals surface area contributed by atoms with Gasteiger partial charge in [0.25, 0.3) is 0 Å². The summed E-state index contributed by atoms with van der Waals surface area (Å²) >= 11 is 0. The van der Waals surface area contributed by atoms with Crippen molar-refractivity contribution in [1.29, 1.82) is 0 Å². The Hall–Kier alpha value is -6.83. The smallest absolute Gasteiger partial charge is 0.313 e. The van der Waals surface area contributed by atoms with Gasteiger partial charge >= 0.3 is 11.9 Å². The van der Waals surface area contributed by atoms with Crippen molar-refractivity contribution in [2.75, 3.05) is 88.8 Å². The predicted octanol–water partition coefficient (Wildman–Crippen LogP) is 4.43. The SMILES string of the molecule is C=CC(=O)NCN(C)c1nc(N(C)COC)nc(N(CC)CNC(=O)C=C)n1.CCC(C)(C)C(=O)OCCOC(=O)CC(C)=O.CCN(CC)C(=O)CCc1ccnc(-c2cc(C)ccn2)c1. The van der Waals surface area contributed by atoms with Crippen LogP contribution in [0.2, 0.25) is 0 Å². The first-order valence-corrected chi connectivity index (χ1v) is 22.0. The Bertz CT molecular complexity index is 2080. The summed E-state index contributed by atoms with van der Waals surface area (Å²) in [6.45, 7) is 24.4. The lowest BCUT2D eigenvalue weighted by Gasteiger charge is -2.25. The largest absolute Gasteiger partial charge is 0.462 e. The number of nitrogens with zero attached hydrogens (tertiary/aromatic N) is 9. The van der Waals surface area contributed by atoms with Crippen LogP contribution in [-0.2, 0) is 49.4 Å². The highest BCUT2D eigenvalue weighted by molar-refractivity contribution is 5.94. The summed E-state index contributed by atoms with van der Waals surface area (Å²) in [5.74, 6) is -0.453. The molecule has 20 heteroatoms. The molecule has 0 saturated carbocycles. The first-order valence-electron chi connectivity index (χ1n) is 22.0. The van der Waals surface area contributed by atoms with Crippen LogP contribution in [0.25, 0.3) is 11.4 Å². The standard InChI is InChI=1S/C18H23N3O.C17H28N8O3.C12H20O5/c1-4-21(5-2)18(22)7-6-15-9-11-20-17(13-15)16-12-14(3)8-10-19-16;1-7-13(26)18-10-23(4)15-20-16(24(5)12-28-6)22-17(21-15)25(9-3)11-19-14(27)8-2;1-5-12(3,4)11(15)17-7-6-16-10(14)8-9(2)13/h8-13H,4-7H2,1-3H3;7-8H,1-2,9-12H2,3-6H3,(H,18,26)(H,19,27);5-8H2,1-4H3. The van der Waals surface area contributed by atoms with Gasteiger partial charge in [-0.1, -0.05) is 20.1 Å². The number of aromatic nitrogens is 5. The number of nitrogens with one attached hydrogen (secondary N) is 2. The van der Waals surface area contributed by atoms with Crippen molar-refractivity contribution >= 4 is 53.3 Å². The second-order valence-electron chi connectivity index (χ2n) is 15.5.